The molecule has 4 rings (SSSR count). The Balaban J connectivity index is 0.000000550. The number of aryl methyl sites for hydroxylation is 4. The maximum atomic E-state index is 14.3. The molecule has 0 unspecified atom stereocenters. The molecular weight excluding hydrogens is 545 g/mol. The van der Waals surface area contributed by atoms with Crippen LogP contribution in [-0.2, 0) is 11.8 Å². The van der Waals surface area contributed by atoms with Crippen molar-refractivity contribution < 1.29 is 13.9 Å². The number of nitrogens with zero attached hydrogens (tertiary/aromatic N) is 6. The van der Waals surface area contributed by atoms with Crippen molar-refractivity contribution in [1.82, 2.24) is 24.6 Å². The predicted molar refractivity (Wildman–Crippen MR) is 173 cm³/mol. The molecule has 0 spiro atoms. The van der Waals surface area contributed by atoms with Crippen LogP contribution in [0.1, 0.15) is 82.9 Å². The van der Waals surface area contributed by atoms with Crippen LogP contribution in [0.5, 0.6) is 0 Å². The number of ether oxygens (including phenoxy) is 1. The van der Waals surface area contributed by atoms with Gasteiger partial charge in [0, 0.05) is 38.4 Å². The second-order valence-electron chi connectivity index (χ2n) is 12.0. The Hall–Kier alpha value is -3.87. The van der Waals surface area contributed by atoms with Gasteiger partial charge in [-0.25, -0.2) is 14.2 Å². The molecule has 236 valence electrons. The minimum Gasteiger partial charge on any atom is -0.444 e. The summed E-state index contributed by atoms with van der Waals surface area (Å²) in [6, 6.07) is 3.90. The fourth-order valence-electron chi connectivity index (χ4n) is 4.91. The van der Waals surface area contributed by atoms with Crippen molar-refractivity contribution in [3.8, 4) is 12.8 Å². The smallest absolute Gasteiger partial charge is 0.410 e. The van der Waals surface area contributed by atoms with Gasteiger partial charge in [0.15, 0.2) is 0 Å². The van der Waals surface area contributed by atoms with Crippen molar-refractivity contribution in [2.45, 2.75) is 92.7 Å². The van der Waals surface area contributed by atoms with Gasteiger partial charge in [-0.15, -0.1) is 12.8 Å². The molecule has 0 radical (unpaired) electrons. The highest BCUT2D eigenvalue weighted by Gasteiger charge is 2.32. The third-order valence-electron chi connectivity index (χ3n) is 7.22. The van der Waals surface area contributed by atoms with Gasteiger partial charge in [-0.3, -0.25) is 9.67 Å². The summed E-state index contributed by atoms with van der Waals surface area (Å²) >= 11 is 0. The number of rotatable bonds is 6. The number of halogens is 1. The van der Waals surface area contributed by atoms with Crippen molar-refractivity contribution in [3.05, 3.63) is 52.4 Å². The zero-order valence-electron chi connectivity index (χ0n) is 27.7. The zero-order chi connectivity index (χ0) is 32.5. The van der Waals surface area contributed by atoms with Gasteiger partial charge in [-0.05, 0) is 98.8 Å². The summed E-state index contributed by atoms with van der Waals surface area (Å²) in [7, 11) is 1.95. The second-order valence-corrected chi connectivity index (χ2v) is 12.0. The Kier molecular flexibility index (Phi) is 12.8. The first kappa shape index (κ1) is 35.3. The number of pyridine rings is 1. The van der Waals surface area contributed by atoms with Crippen molar-refractivity contribution in [3.63, 3.8) is 0 Å². The number of terminal acetylenes is 1. The first-order chi connectivity index (χ1) is 20.2. The Morgan fingerprint density at radius 2 is 1.86 bits per heavy atom. The number of amides is 1. The van der Waals surface area contributed by atoms with E-state index in [0.29, 0.717) is 43.7 Å². The molecule has 1 aliphatic carbocycles. The normalized spacial score (nSPS) is 17.4. The highest BCUT2D eigenvalue weighted by molar-refractivity contribution is 5.97. The van der Waals surface area contributed by atoms with Crippen LogP contribution in [-0.4, -0.2) is 74.3 Å². The number of hydrogen-bond donors (Lipinski definition) is 1. The molecule has 43 heavy (non-hydrogen) atoms. The highest BCUT2D eigenvalue weighted by Crippen LogP contribution is 2.42. The average molecular weight is 596 g/mol. The third kappa shape index (κ3) is 10.4. The third-order valence-corrected chi connectivity index (χ3v) is 7.22. The van der Waals surface area contributed by atoms with E-state index in [0.717, 1.165) is 35.5 Å². The summed E-state index contributed by atoms with van der Waals surface area (Å²) in [6.07, 6.45) is 11.9. The lowest BCUT2D eigenvalue weighted by Gasteiger charge is -2.42. The van der Waals surface area contributed by atoms with Gasteiger partial charge in [0.1, 0.15) is 23.9 Å². The minimum absolute atomic E-state index is 0.0294. The van der Waals surface area contributed by atoms with E-state index >= 15 is 0 Å². The van der Waals surface area contributed by atoms with E-state index in [1.165, 1.54) is 5.69 Å². The van der Waals surface area contributed by atoms with E-state index in [4.69, 9.17) is 9.73 Å². The van der Waals surface area contributed by atoms with Gasteiger partial charge in [0.2, 0.25) is 0 Å². The topological polar surface area (TPSA) is 87.9 Å². The molecule has 10 heteroatoms. The Morgan fingerprint density at radius 3 is 2.33 bits per heavy atom. The number of piperazine rings is 1. The van der Waals surface area contributed by atoms with Crippen LogP contribution >= 0.6 is 0 Å². The molecule has 2 aliphatic rings. The maximum Gasteiger partial charge on any atom is 0.410 e. The summed E-state index contributed by atoms with van der Waals surface area (Å²) < 4.78 is 21.7. The van der Waals surface area contributed by atoms with Gasteiger partial charge in [-0.1, -0.05) is 6.08 Å². The summed E-state index contributed by atoms with van der Waals surface area (Å²) in [4.78, 5) is 25.6. The lowest BCUT2D eigenvalue weighted by atomic mass is 10.1. The van der Waals surface area contributed by atoms with Crippen molar-refractivity contribution in [1.29, 1.82) is 0 Å². The second kappa shape index (κ2) is 15.6. The molecule has 9 nitrogen and oxygen atoms in total. The standard InChI is InChI=1S/C25H38FN5O2.C6H10N2.C2H2/c1-8-21(30-11-12-31(16(2)14-30)24(32)33-25(5,6)7)17(3)27-15-28-22-13-20(19-9-10-19)23(26)18(4)29-22;1-5-4-6(2)8(3)7-5;1-2/h8,13,16,19H,9-12,14-15H2,1-7H3,(H,28,29);4H,1-3H3;1-2H/b21-8+,27-17-;;/t16-;;/m1../s1. The van der Waals surface area contributed by atoms with Crippen molar-refractivity contribution in [2.75, 3.05) is 31.6 Å². The molecule has 0 aromatic carbocycles. The SMILES string of the molecule is C#C.C/C=C(\C(C)=N/CNc1cc(C2CC2)c(F)c(C)n1)N1CCN(C(=O)OC(C)(C)C)[C@H](C)C1.Cc1cc(C)n(C)n1. The Bertz CT molecular complexity index is 1300. The number of allylic oxidation sites excluding steroid dienone is 2. The zero-order valence-corrected chi connectivity index (χ0v) is 27.7. The molecule has 1 N–H and O–H groups in total. The molecule has 0 bridgehead atoms. The number of carbonyl (C=O) groups is 1. The van der Waals surface area contributed by atoms with E-state index < -0.39 is 5.60 Å². The number of hydrogen-bond acceptors (Lipinski definition) is 7. The van der Waals surface area contributed by atoms with Gasteiger partial charge in [0.25, 0.3) is 0 Å². The van der Waals surface area contributed by atoms with Crippen LogP contribution in [0.2, 0.25) is 0 Å². The van der Waals surface area contributed by atoms with E-state index in [2.05, 4.69) is 45.3 Å². The maximum absolute atomic E-state index is 14.3. The number of aromatic nitrogens is 3. The first-order valence-corrected chi connectivity index (χ1v) is 14.8. The van der Waals surface area contributed by atoms with Crippen molar-refractivity contribution >= 4 is 17.6 Å². The minimum atomic E-state index is -0.504. The molecule has 1 aliphatic heterocycles. The fraction of sp³-hybridized carbons (Fsp3) is 0.576. The molecule has 3 heterocycles. The summed E-state index contributed by atoms with van der Waals surface area (Å²) in [5.74, 6) is 0.806. The largest absolute Gasteiger partial charge is 0.444 e. The van der Waals surface area contributed by atoms with Gasteiger partial charge in [0.05, 0.1) is 22.8 Å². The van der Waals surface area contributed by atoms with Gasteiger partial charge in [-0.2, -0.15) is 5.10 Å². The predicted octanol–water partition coefficient (Wildman–Crippen LogP) is 6.37. The molecule has 1 amide bonds. The summed E-state index contributed by atoms with van der Waals surface area (Å²) in [5, 5.41) is 7.35. The fourth-order valence-corrected chi connectivity index (χ4v) is 4.91. The Morgan fingerprint density at radius 1 is 1.21 bits per heavy atom. The van der Waals surface area contributed by atoms with Crippen LogP contribution in [0.3, 0.4) is 0 Å². The first-order valence-electron chi connectivity index (χ1n) is 14.8. The van der Waals surface area contributed by atoms with Crippen molar-refractivity contribution in [2.24, 2.45) is 12.0 Å². The van der Waals surface area contributed by atoms with Crippen LogP contribution in [0.15, 0.2) is 28.9 Å². The summed E-state index contributed by atoms with van der Waals surface area (Å²) in [6.45, 7) is 19.8. The van der Waals surface area contributed by atoms with E-state index in [1.54, 1.807) is 11.8 Å². The quantitative estimate of drug-likeness (QED) is 0.309. The molecule has 2 fully saturated rings. The van der Waals surface area contributed by atoms with E-state index in [1.807, 2.05) is 73.2 Å². The van der Waals surface area contributed by atoms with Crippen LogP contribution in [0, 0.1) is 39.4 Å². The molecule has 1 saturated heterocycles. The number of anilines is 1. The summed E-state index contributed by atoms with van der Waals surface area (Å²) in [5.41, 5.74) is 4.94. The lowest BCUT2D eigenvalue weighted by molar-refractivity contribution is 0.00553. The van der Waals surface area contributed by atoms with Crippen LogP contribution in [0.4, 0.5) is 15.0 Å². The number of aliphatic imine (C=N–C) groups is 1. The molecular formula is C33H50FN7O2. The highest BCUT2D eigenvalue weighted by atomic mass is 19.1. The molecule has 2 aromatic heterocycles. The van der Waals surface area contributed by atoms with Crippen LogP contribution < -0.4 is 5.32 Å². The molecule has 2 aromatic rings. The number of carbonyl (C=O) groups excluding carboxylic acids is 1. The van der Waals surface area contributed by atoms with Crippen LogP contribution in [0.25, 0.3) is 0 Å². The Labute approximate surface area is 257 Å². The molecule has 1 atom stereocenters. The monoisotopic (exact) mass is 595 g/mol. The number of nitrogens with one attached hydrogen (secondary N) is 1. The average Bonchev–Trinajstić information content (AvgIpc) is 3.72. The van der Waals surface area contributed by atoms with Gasteiger partial charge >= 0.3 is 6.09 Å². The van der Waals surface area contributed by atoms with Gasteiger partial charge < -0.3 is 19.9 Å². The lowest BCUT2D eigenvalue weighted by Crippen LogP contribution is -2.55. The van der Waals surface area contributed by atoms with E-state index in [-0.39, 0.29) is 18.0 Å². The molecule has 1 saturated carbocycles. The van der Waals surface area contributed by atoms with E-state index in [9.17, 15) is 9.18 Å².